The summed E-state index contributed by atoms with van der Waals surface area (Å²) in [5, 5.41) is 3.51. The molecule has 0 aromatic heterocycles. The summed E-state index contributed by atoms with van der Waals surface area (Å²) in [7, 11) is 0. The summed E-state index contributed by atoms with van der Waals surface area (Å²) in [5.74, 6) is 2.61. The lowest BCUT2D eigenvalue weighted by Crippen LogP contribution is -2.17. The molecule has 1 saturated carbocycles. The smallest absolute Gasteiger partial charge is 0.119 e. The van der Waals surface area contributed by atoms with E-state index in [1.165, 1.54) is 24.9 Å². The van der Waals surface area contributed by atoms with E-state index in [0.29, 0.717) is 0 Å². The lowest BCUT2D eigenvalue weighted by atomic mass is 10.1. The molecule has 0 amide bonds. The average Bonchev–Trinajstić information content (AvgIpc) is 3.17. The molecule has 1 aromatic rings. The molecular weight excluding hydrogens is 222 g/mol. The fourth-order valence-corrected chi connectivity index (χ4v) is 2.40. The van der Waals surface area contributed by atoms with Crippen LogP contribution in [0.2, 0.25) is 0 Å². The molecule has 0 spiro atoms. The summed E-state index contributed by atoms with van der Waals surface area (Å²) in [6.07, 6.45) is 3.61. The highest BCUT2D eigenvalue weighted by atomic mass is 16.5. The highest BCUT2D eigenvalue weighted by Gasteiger charge is 2.37. The van der Waals surface area contributed by atoms with Crippen molar-refractivity contribution in [2.24, 2.45) is 5.92 Å². The van der Waals surface area contributed by atoms with Crippen molar-refractivity contribution in [3.05, 3.63) is 29.8 Å². The Labute approximate surface area is 111 Å². The molecule has 1 aromatic carbocycles. The number of ether oxygens (including phenoxy) is 1. The first-order valence-electron chi connectivity index (χ1n) is 7.28. The quantitative estimate of drug-likeness (QED) is 0.709. The molecule has 0 bridgehead atoms. The number of nitrogens with one attached hydrogen (secondary N) is 1. The third-order valence-electron chi connectivity index (χ3n) is 3.51. The van der Waals surface area contributed by atoms with E-state index in [-0.39, 0.29) is 0 Å². The zero-order valence-corrected chi connectivity index (χ0v) is 11.6. The van der Waals surface area contributed by atoms with Gasteiger partial charge in [0.2, 0.25) is 0 Å². The van der Waals surface area contributed by atoms with Crippen molar-refractivity contribution in [2.45, 2.75) is 39.0 Å². The maximum absolute atomic E-state index is 5.69. The number of hydrogen-bond acceptors (Lipinski definition) is 2. The van der Waals surface area contributed by atoms with Crippen LogP contribution in [0.3, 0.4) is 0 Å². The van der Waals surface area contributed by atoms with E-state index in [2.05, 4.69) is 43.4 Å². The SMILES string of the molecule is CCCNCC1CC1c1cccc(OCCC)c1. The summed E-state index contributed by atoms with van der Waals surface area (Å²) >= 11 is 0. The Morgan fingerprint density at radius 2 is 2.17 bits per heavy atom. The number of benzene rings is 1. The maximum atomic E-state index is 5.69. The van der Waals surface area contributed by atoms with Crippen LogP contribution >= 0.6 is 0 Å². The van der Waals surface area contributed by atoms with Crippen LogP contribution in [-0.4, -0.2) is 19.7 Å². The Hall–Kier alpha value is -1.02. The van der Waals surface area contributed by atoms with Gasteiger partial charge in [0.05, 0.1) is 6.61 Å². The van der Waals surface area contributed by atoms with Crippen LogP contribution in [-0.2, 0) is 0 Å². The van der Waals surface area contributed by atoms with Crippen LogP contribution in [0.4, 0.5) is 0 Å². The van der Waals surface area contributed by atoms with E-state index in [1.54, 1.807) is 0 Å². The summed E-state index contributed by atoms with van der Waals surface area (Å²) in [6.45, 7) is 7.48. The molecule has 100 valence electrons. The Morgan fingerprint density at radius 1 is 1.28 bits per heavy atom. The maximum Gasteiger partial charge on any atom is 0.119 e. The van der Waals surface area contributed by atoms with Crippen molar-refractivity contribution < 1.29 is 4.74 Å². The number of rotatable bonds is 8. The molecule has 2 atom stereocenters. The molecule has 18 heavy (non-hydrogen) atoms. The number of hydrogen-bond donors (Lipinski definition) is 1. The molecule has 2 heteroatoms. The van der Waals surface area contributed by atoms with Crippen molar-refractivity contribution in [2.75, 3.05) is 19.7 Å². The topological polar surface area (TPSA) is 21.3 Å². The highest BCUT2D eigenvalue weighted by molar-refractivity contribution is 5.34. The van der Waals surface area contributed by atoms with Gasteiger partial charge in [-0.25, -0.2) is 0 Å². The molecule has 0 heterocycles. The van der Waals surface area contributed by atoms with Crippen molar-refractivity contribution in [3.8, 4) is 5.75 Å². The standard InChI is InChI=1S/C16H25NO/c1-3-8-17-12-14-11-16(14)13-6-5-7-15(10-13)18-9-4-2/h5-7,10,14,16-17H,3-4,8-9,11-12H2,1-2H3. The van der Waals surface area contributed by atoms with E-state index < -0.39 is 0 Å². The van der Waals surface area contributed by atoms with Crippen LogP contribution in [0.5, 0.6) is 5.75 Å². The molecular formula is C16H25NO. The third kappa shape index (κ3) is 3.74. The first kappa shape index (κ1) is 13.4. The molecule has 2 nitrogen and oxygen atoms in total. The van der Waals surface area contributed by atoms with Crippen molar-refractivity contribution in [1.82, 2.24) is 5.32 Å². The van der Waals surface area contributed by atoms with Crippen LogP contribution in [0.15, 0.2) is 24.3 Å². The monoisotopic (exact) mass is 247 g/mol. The fourth-order valence-electron chi connectivity index (χ4n) is 2.40. The molecule has 0 saturated heterocycles. The van der Waals surface area contributed by atoms with E-state index in [1.807, 2.05) is 0 Å². The molecule has 0 aliphatic heterocycles. The summed E-state index contributed by atoms with van der Waals surface area (Å²) in [4.78, 5) is 0. The minimum absolute atomic E-state index is 0.750. The van der Waals surface area contributed by atoms with Crippen molar-refractivity contribution >= 4 is 0 Å². The van der Waals surface area contributed by atoms with Gasteiger partial charge in [0.25, 0.3) is 0 Å². The lowest BCUT2D eigenvalue weighted by molar-refractivity contribution is 0.317. The van der Waals surface area contributed by atoms with E-state index in [4.69, 9.17) is 4.74 Å². The van der Waals surface area contributed by atoms with Gasteiger partial charge in [-0.15, -0.1) is 0 Å². The minimum atomic E-state index is 0.750. The predicted molar refractivity (Wildman–Crippen MR) is 76.2 cm³/mol. The first-order chi connectivity index (χ1) is 8.85. The zero-order chi connectivity index (χ0) is 12.8. The molecule has 0 radical (unpaired) electrons. The Morgan fingerprint density at radius 3 is 2.94 bits per heavy atom. The Bertz CT molecular complexity index is 364. The predicted octanol–water partition coefficient (Wildman–Crippen LogP) is 3.58. The average molecular weight is 247 g/mol. The fraction of sp³-hybridized carbons (Fsp3) is 0.625. The summed E-state index contributed by atoms with van der Waals surface area (Å²) in [6, 6.07) is 8.64. The second-order valence-corrected chi connectivity index (χ2v) is 5.23. The highest BCUT2D eigenvalue weighted by Crippen LogP contribution is 2.47. The minimum Gasteiger partial charge on any atom is -0.494 e. The third-order valence-corrected chi connectivity index (χ3v) is 3.51. The van der Waals surface area contributed by atoms with Gasteiger partial charge in [0.15, 0.2) is 0 Å². The van der Waals surface area contributed by atoms with Gasteiger partial charge in [0.1, 0.15) is 5.75 Å². The molecule has 2 unspecified atom stereocenters. The van der Waals surface area contributed by atoms with Gasteiger partial charge in [-0.05, 0) is 61.9 Å². The van der Waals surface area contributed by atoms with Crippen LogP contribution in [0.25, 0.3) is 0 Å². The van der Waals surface area contributed by atoms with Gasteiger partial charge >= 0.3 is 0 Å². The molecule has 1 aliphatic carbocycles. The normalized spacial score (nSPS) is 21.9. The van der Waals surface area contributed by atoms with Crippen molar-refractivity contribution in [3.63, 3.8) is 0 Å². The Kier molecular flexibility index (Phi) is 5.06. The Balaban J connectivity index is 1.83. The van der Waals surface area contributed by atoms with Gasteiger partial charge in [-0.2, -0.15) is 0 Å². The first-order valence-corrected chi connectivity index (χ1v) is 7.28. The largest absolute Gasteiger partial charge is 0.494 e. The van der Waals surface area contributed by atoms with Gasteiger partial charge in [-0.1, -0.05) is 26.0 Å². The molecule has 1 aliphatic rings. The van der Waals surface area contributed by atoms with Crippen molar-refractivity contribution in [1.29, 1.82) is 0 Å². The van der Waals surface area contributed by atoms with Gasteiger partial charge < -0.3 is 10.1 Å². The van der Waals surface area contributed by atoms with E-state index in [0.717, 1.165) is 37.2 Å². The molecule has 1 fully saturated rings. The van der Waals surface area contributed by atoms with Crippen LogP contribution < -0.4 is 10.1 Å². The van der Waals surface area contributed by atoms with Gasteiger partial charge in [-0.3, -0.25) is 0 Å². The summed E-state index contributed by atoms with van der Waals surface area (Å²) in [5.41, 5.74) is 1.45. The summed E-state index contributed by atoms with van der Waals surface area (Å²) < 4.78 is 5.69. The lowest BCUT2D eigenvalue weighted by Gasteiger charge is -2.07. The van der Waals surface area contributed by atoms with Gasteiger partial charge in [0, 0.05) is 0 Å². The molecule has 2 rings (SSSR count). The second-order valence-electron chi connectivity index (χ2n) is 5.23. The zero-order valence-electron chi connectivity index (χ0n) is 11.6. The van der Waals surface area contributed by atoms with Crippen LogP contribution in [0, 0.1) is 5.92 Å². The van der Waals surface area contributed by atoms with E-state index in [9.17, 15) is 0 Å². The van der Waals surface area contributed by atoms with E-state index >= 15 is 0 Å². The second kappa shape index (κ2) is 6.79. The van der Waals surface area contributed by atoms with Crippen LogP contribution in [0.1, 0.15) is 44.6 Å². The molecule has 1 N–H and O–H groups in total.